The summed E-state index contributed by atoms with van der Waals surface area (Å²) in [5.74, 6) is 0. The van der Waals surface area contributed by atoms with Crippen molar-refractivity contribution >= 4 is 11.3 Å². The molecular formula is C8H15N3S. The minimum absolute atomic E-state index is 0.237. The van der Waals surface area contributed by atoms with Crippen molar-refractivity contribution in [1.29, 1.82) is 0 Å². The first-order valence-corrected chi connectivity index (χ1v) is 5.01. The van der Waals surface area contributed by atoms with E-state index in [0.29, 0.717) is 0 Å². The summed E-state index contributed by atoms with van der Waals surface area (Å²) in [6, 6.07) is 0.237. The number of hydrogen-bond acceptors (Lipinski definition) is 4. The molecule has 1 aromatic heterocycles. The fourth-order valence-electron chi connectivity index (χ4n) is 0.901. The first-order chi connectivity index (χ1) is 5.79. The second kappa shape index (κ2) is 5.24. The SMILES string of the molecule is CC(N)CNCCc1nccs1. The summed E-state index contributed by atoms with van der Waals surface area (Å²) in [5.41, 5.74) is 5.58. The van der Waals surface area contributed by atoms with Crippen LogP contribution in [0.3, 0.4) is 0 Å². The van der Waals surface area contributed by atoms with Crippen molar-refractivity contribution in [3.63, 3.8) is 0 Å². The predicted molar refractivity (Wildman–Crippen MR) is 52.3 cm³/mol. The van der Waals surface area contributed by atoms with Crippen LogP contribution in [0.5, 0.6) is 0 Å². The van der Waals surface area contributed by atoms with E-state index in [-0.39, 0.29) is 6.04 Å². The molecule has 0 saturated carbocycles. The highest BCUT2D eigenvalue weighted by Gasteiger charge is 1.95. The van der Waals surface area contributed by atoms with Gasteiger partial charge >= 0.3 is 0 Å². The number of nitrogens with one attached hydrogen (secondary N) is 1. The van der Waals surface area contributed by atoms with Crippen molar-refractivity contribution in [3.8, 4) is 0 Å². The van der Waals surface area contributed by atoms with Gasteiger partial charge in [-0.1, -0.05) is 0 Å². The lowest BCUT2D eigenvalue weighted by Gasteiger charge is -2.05. The maximum atomic E-state index is 5.58. The van der Waals surface area contributed by atoms with Crippen LogP contribution in [0, 0.1) is 0 Å². The first-order valence-electron chi connectivity index (χ1n) is 4.13. The lowest BCUT2D eigenvalue weighted by molar-refractivity contribution is 0.608. The Labute approximate surface area is 77.0 Å². The van der Waals surface area contributed by atoms with Gasteiger partial charge in [-0.25, -0.2) is 4.98 Å². The summed E-state index contributed by atoms with van der Waals surface area (Å²) in [7, 11) is 0. The molecule has 1 heterocycles. The first kappa shape index (κ1) is 9.64. The van der Waals surface area contributed by atoms with Gasteiger partial charge < -0.3 is 11.1 Å². The van der Waals surface area contributed by atoms with Crippen LogP contribution in [0.1, 0.15) is 11.9 Å². The average molecular weight is 185 g/mol. The molecule has 12 heavy (non-hydrogen) atoms. The zero-order valence-corrected chi connectivity index (χ0v) is 8.10. The zero-order valence-electron chi connectivity index (χ0n) is 7.29. The van der Waals surface area contributed by atoms with Crippen LogP contribution in [0.15, 0.2) is 11.6 Å². The van der Waals surface area contributed by atoms with E-state index in [1.807, 2.05) is 18.5 Å². The van der Waals surface area contributed by atoms with Gasteiger partial charge in [-0.3, -0.25) is 0 Å². The van der Waals surface area contributed by atoms with Crippen molar-refractivity contribution in [2.45, 2.75) is 19.4 Å². The molecule has 0 aliphatic carbocycles. The van der Waals surface area contributed by atoms with Gasteiger partial charge in [0, 0.05) is 37.1 Å². The number of hydrogen-bond donors (Lipinski definition) is 2. The molecule has 0 saturated heterocycles. The molecule has 0 fully saturated rings. The fraction of sp³-hybridized carbons (Fsp3) is 0.625. The minimum Gasteiger partial charge on any atom is -0.327 e. The van der Waals surface area contributed by atoms with Crippen LogP contribution >= 0.6 is 11.3 Å². The molecular weight excluding hydrogens is 170 g/mol. The van der Waals surface area contributed by atoms with Crippen LogP contribution in [0.4, 0.5) is 0 Å². The third-order valence-electron chi connectivity index (χ3n) is 1.47. The largest absolute Gasteiger partial charge is 0.327 e. The molecule has 3 nitrogen and oxygen atoms in total. The Morgan fingerprint density at radius 2 is 2.58 bits per heavy atom. The van der Waals surface area contributed by atoms with Gasteiger partial charge in [-0.05, 0) is 6.92 Å². The Morgan fingerprint density at radius 3 is 3.17 bits per heavy atom. The lowest BCUT2D eigenvalue weighted by Crippen LogP contribution is -2.32. The number of thiazole rings is 1. The minimum atomic E-state index is 0.237. The molecule has 3 N–H and O–H groups in total. The molecule has 0 bridgehead atoms. The van der Waals surface area contributed by atoms with Gasteiger partial charge in [-0.15, -0.1) is 11.3 Å². The van der Waals surface area contributed by atoms with E-state index in [1.54, 1.807) is 11.3 Å². The van der Waals surface area contributed by atoms with E-state index in [1.165, 1.54) is 5.01 Å². The van der Waals surface area contributed by atoms with E-state index < -0.39 is 0 Å². The Balaban J connectivity index is 2.04. The maximum absolute atomic E-state index is 5.58. The monoisotopic (exact) mass is 185 g/mol. The number of rotatable bonds is 5. The summed E-state index contributed by atoms with van der Waals surface area (Å²) < 4.78 is 0. The average Bonchev–Trinajstić information content (AvgIpc) is 2.49. The summed E-state index contributed by atoms with van der Waals surface area (Å²) in [6.45, 7) is 3.84. The lowest BCUT2D eigenvalue weighted by atomic mass is 10.3. The second-order valence-electron chi connectivity index (χ2n) is 2.86. The maximum Gasteiger partial charge on any atom is 0.0937 e. The van der Waals surface area contributed by atoms with Crippen LogP contribution in [-0.2, 0) is 6.42 Å². The van der Waals surface area contributed by atoms with Gasteiger partial charge in [0.15, 0.2) is 0 Å². The molecule has 0 aromatic carbocycles. The van der Waals surface area contributed by atoms with Crippen LogP contribution in [-0.4, -0.2) is 24.1 Å². The summed E-state index contributed by atoms with van der Waals surface area (Å²) in [4.78, 5) is 4.18. The van der Waals surface area contributed by atoms with E-state index in [0.717, 1.165) is 19.5 Å². The van der Waals surface area contributed by atoms with Crippen molar-refractivity contribution in [3.05, 3.63) is 16.6 Å². The van der Waals surface area contributed by atoms with Gasteiger partial charge in [0.25, 0.3) is 0 Å². The highest BCUT2D eigenvalue weighted by Crippen LogP contribution is 2.03. The molecule has 0 radical (unpaired) electrons. The van der Waals surface area contributed by atoms with Gasteiger partial charge in [0.2, 0.25) is 0 Å². The number of aromatic nitrogens is 1. The van der Waals surface area contributed by atoms with Crippen molar-refractivity contribution in [2.75, 3.05) is 13.1 Å². The van der Waals surface area contributed by atoms with Gasteiger partial charge in [0.05, 0.1) is 5.01 Å². The van der Waals surface area contributed by atoms with Crippen molar-refractivity contribution in [1.82, 2.24) is 10.3 Å². The molecule has 0 spiro atoms. The molecule has 68 valence electrons. The molecule has 1 atom stereocenters. The molecule has 4 heteroatoms. The highest BCUT2D eigenvalue weighted by molar-refractivity contribution is 7.09. The molecule has 1 rings (SSSR count). The normalized spacial score (nSPS) is 13.2. The van der Waals surface area contributed by atoms with E-state index >= 15 is 0 Å². The highest BCUT2D eigenvalue weighted by atomic mass is 32.1. The molecule has 0 aliphatic rings. The summed E-state index contributed by atoms with van der Waals surface area (Å²) >= 11 is 1.70. The third kappa shape index (κ3) is 3.80. The quantitative estimate of drug-likeness (QED) is 0.661. The van der Waals surface area contributed by atoms with Crippen molar-refractivity contribution < 1.29 is 0 Å². The van der Waals surface area contributed by atoms with Crippen LogP contribution in [0.25, 0.3) is 0 Å². The Morgan fingerprint density at radius 1 is 1.75 bits per heavy atom. The van der Waals surface area contributed by atoms with Gasteiger partial charge in [-0.2, -0.15) is 0 Å². The van der Waals surface area contributed by atoms with Crippen LogP contribution < -0.4 is 11.1 Å². The molecule has 1 unspecified atom stereocenters. The van der Waals surface area contributed by atoms with E-state index in [2.05, 4.69) is 10.3 Å². The second-order valence-corrected chi connectivity index (χ2v) is 3.84. The van der Waals surface area contributed by atoms with Crippen molar-refractivity contribution in [2.24, 2.45) is 5.73 Å². The molecule has 0 aliphatic heterocycles. The summed E-state index contributed by atoms with van der Waals surface area (Å²) in [6.07, 6.45) is 2.84. The number of nitrogens with two attached hydrogens (primary N) is 1. The molecule has 0 amide bonds. The third-order valence-corrected chi connectivity index (χ3v) is 2.30. The van der Waals surface area contributed by atoms with Crippen LogP contribution in [0.2, 0.25) is 0 Å². The number of nitrogens with zero attached hydrogens (tertiary/aromatic N) is 1. The Bertz CT molecular complexity index is 196. The topological polar surface area (TPSA) is 50.9 Å². The van der Waals surface area contributed by atoms with E-state index in [4.69, 9.17) is 5.73 Å². The smallest absolute Gasteiger partial charge is 0.0937 e. The molecule has 1 aromatic rings. The summed E-state index contributed by atoms with van der Waals surface area (Å²) in [5, 5.41) is 6.45. The zero-order chi connectivity index (χ0) is 8.81. The van der Waals surface area contributed by atoms with E-state index in [9.17, 15) is 0 Å². The Kier molecular flexibility index (Phi) is 4.21. The fourth-order valence-corrected chi connectivity index (χ4v) is 1.52. The Hall–Kier alpha value is -0.450. The predicted octanol–water partition coefficient (Wildman–Crippen LogP) is 0.622. The standard InChI is InChI=1S/C8H15N3S/c1-7(9)6-10-3-2-8-11-4-5-12-8/h4-5,7,10H,2-3,6,9H2,1H3. The van der Waals surface area contributed by atoms with Gasteiger partial charge in [0.1, 0.15) is 0 Å².